The molecule has 0 bridgehead atoms. The molecule has 2 N–H and O–H groups in total. The lowest BCUT2D eigenvalue weighted by Crippen LogP contribution is -2.44. The fourth-order valence-electron chi connectivity index (χ4n) is 3.86. The van der Waals surface area contributed by atoms with Crippen molar-refractivity contribution >= 4 is 30.7 Å². The lowest BCUT2D eigenvalue weighted by molar-refractivity contribution is -0.122. The average Bonchev–Trinajstić information content (AvgIpc) is 3.10. The van der Waals surface area contributed by atoms with E-state index in [9.17, 15) is 4.79 Å². The summed E-state index contributed by atoms with van der Waals surface area (Å²) in [6.45, 7) is 7.57. The van der Waals surface area contributed by atoms with Gasteiger partial charge in [0.25, 0.3) is 0 Å². The Morgan fingerprint density at radius 3 is 2.58 bits per heavy atom. The third-order valence-electron chi connectivity index (χ3n) is 5.55. The van der Waals surface area contributed by atoms with Crippen LogP contribution in [0.2, 0.25) is 0 Å². The molecule has 6 heteroatoms. The maximum Gasteiger partial charge on any atom is 0.220 e. The summed E-state index contributed by atoms with van der Waals surface area (Å²) in [6, 6.07) is 8.99. The lowest BCUT2D eigenvalue weighted by Gasteiger charge is -2.32. The molecule has 1 amide bonds. The first kappa shape index (κ1) is 23.2. The van der Waals surface area contributed by atoms with E-state index in [4.69, 9.17) is 0 Å². The molecule has 0 aromatic heterocycles. The Morgan fingerprint density at radius 2 is 1.92 bits per heavy atom. The lowest BCUT2D eigenvalue weighted by atomic mass is 10.0. The Labute approximate surface area is 170 Å². The predicted octanol–water partition coefficient (Wildman–Crippen LogP) is 3.31. The molecule has 26 heavy (non-hydrogen) atoms. The van der Waals surface area contributed by atoms with Crippen LogP contribution < -0.4 is 10.6 Å². The van der Waals surface area contributed by atoms with Crippen molar-refractivity contribution in [1.82, 2.24) is 15.5 Å². The van der Waals surface area contributed by atoms with Gasteiger partial charge in [-0.3, -0.25) is 9.69 Å². The highest BCUT2D eigenvalue weighted by Gasteiger charge is 2.22. The van der Waals surface area contributed by atoms with Gasteiger partial charge in [0.15, 0.2) is 0 Å². The van der Waals surface area contributed by atoms with Gasteiger partial charge in [-0.1, -0.05) is 24.3 Å². The van der Waals surface area contributed by atoms with E-state index in [-0.39, 0.29) is 30.7 Å². The van der Waals surface area contributed by atoms with Crippen LogP contribution in [0.5, 0.6) is 0 Å². The smallest absolute Gasteiger partial charge is 0.220 e. The zero-order chi connectivity index (χ0) is 16.8. The molecule has 2 aliphatic rings. The number of amides is 1. The highest BCUT2D eigenvalue weighted by Crippen LogP contribution is 2.17. The molecule has 1 unspecified atom stereocenters. The van der Waals surface area contributed by atoms with Crippen LogP contribution in [0.15, 0.2) is 24.3 Å². The van der Waals surface area contributed by atoms with Gasteiger partial charge in [-0.05, 0) is 62.7 Å². The Bertz CT molecular complexity index is 542. The van der Waals surface area contributed by atoms with E-state index in [0.717, 1.165) is 52.0 Å². The molecule has 1 atom stereocenters. The molecule has 4 nitrogen and oxygen atoms in total. The normalized spacial score (nSPS) is 20.9. The van der Waals surface area contributed by atoms with Crippen molar-refractivity contribution < 1.29 is 4.79 Å². The summed E-state index contributed by atoms with van der Waals surface area (Å²) in [5.41, 5.74) is 2.79. The SMILES string of the molecule is Cc1ccccc1CN1CCC(NC(=O)CCC2CCNC2)CC1.Cl.Cl. The third-order valence-corrected chi connectivity index (χ3v) is 5.55. The van der Waals surface area contributed by atoms with E-state index in [2.05, 4.69) is 46.7 Å². The molecule has 3 rings (SSSR count). The zero-order valence-electron chi connectivity index (χ0n) is 15.7. The van der Waals surface area contributed by atoms with Crippen molar-refractivity contribution in [2.24, 2.45) is 5.92 Å². The van der Waals surface area contributed by atoms with Crippen LogP contribution in [0.4, 0.5) is 0 Å². The van der Waals surface area contributed by atoms with Gasteiger partial charge in [0.05, 0.1) is 0 Å². The minimum atomic E-state index is 0. The predicted molar refractivity (Wildman–Crippen MR) is 112 cm³/mol. The first-order valence-electron chi connectivity index (χ1n) is 9.47. The molecule has 0 radical (unpaired) electrons. The Kier molecular flexibility index (Phi) is 10.6. The highest BCUT2D eigenvalue weighted by molar-refractivity contribution is 5.85. The van der Waals surface area contributed by atoms with Crippen LogP contribution in [0, 0.1) is 12.8 Å². The van der Waals surface area contributed by atoms with Crippen LogP contribution in [-0.2, 0) is 11.3 Å². The summed E-state index contributed by atoms with van der Waals surface area (Å²) < 4.78 is 0. The van der Waals surface area contributed by atoms with Gasteiger partial charge in [0.1, 0.15) is 0 Å². The van der Waals surface area contributed by atoms with E-state index >= 15 is 0 Å². The summed E-state index contributed by atoms with van der Waals surface area (Å²) in [5, 5.41) is 6.62. The van der Waals surface area contributed by atoms with Crippen LogP contribution in [-0.4, -0.2) is 43.0 Å². The van der Waals surface area contributed by atoms with Crippen molar-refractivity contribution in [3.8, 4) is 0 Å². The summed E-state index contributed by atoms with van der Waals surface area (Å²) in [5.74, 6) is 0.950. The molecule has 1 aromatic carbocycles. The second-order valence-corrected chi connectivity index (χ2v) is 7.44. The fourth-order valence-corrected chi connectivity index (χ4v) is 3.86. The molecule has 2 heterocycles. The Balaban J connectivity index is 0.00000169. The maximum atomic E-state index is 12.1. The molecular formula is C20H33Cl2N3O. The van der Waals surface area contributed by atoms with Crippen LogP contribution in [0.25, 0.3) is 0 Å². The number of piperidine rings is 1. The first-order chi connectivity index (χ1) is 11.7. The van der Waals surface area contributed by atoms with Gasteiger partial charge >= 0.3 is 0 Å². The first-order valence-corrected chi connectivity index (χ1v) is 9.47. The number of carbonyl (C=O) groups is 1. The number of likely N-dealkylation sites (tertiary alicyclic amines) is 1. The molecule has 0 saturated carbocycles. The maximum absolute atomic E-state index is 12.1. The number of rotatable bonds is 6. The van der Waals surface area contributed by atoms with Crippen molar-refractivity contribution in [2.75, 3.05) is 26.2 Å². The second-order valence-electron chi connectivity index (χ2n) is 7.44. The number of aryl methyl sites for hydroxylation is 1. The van der Waals surface area contributed by atoms with Gasteiger partial charge in [-0.25, -0.2) is 0 Å². The van der Waals surface area contributed by atoms with Crippen molar-refractivity contribution in [2.45, 2.75) is 51.6 Å². The number of nitrogens with zero attached hydrogens (tertiary/aromatic N) is 1. The van der Waals surface area contributed by atoms with E-state index in [1.807, 2.05) is 0 Å². The average molecular weight is 402 g/mol. The molecule has 0 spiro atoms. The summed E-state index contributed by atoms with van der Waals surface area (Å²) in [4.78, 5) is 14.6. The number of halogens is 2. The third kappa shape index (κ3) is 7.07. The molecule has 2 saturated heterocycles. The minimum absolute atomic E-state index is 0. The molecular weight excluding hydrogens is 369 g/mol. The minimum Gasteiger partial charge on any atom is -0.353 e. The zero-order valence-corrected chi connectivity index (χ0v) is 17.3. The quantitative estimate of drug-likeness (QED) is 0.768. The molecule has 2 fully saturated rings. The molecule has 0 aliphatic carbocycles. The van der Waals surface area contributed by atoms with E-state index in [1.165, 1.54) is 17.5 Å². The second kappa shape index (κ2) is 11.8. The highest BCUT2D eigenvalue weighted by atomic mass is 35.5. The van der Waals surface area contributed by atoms with Gasteiger partial charge < -0.3 is 10.6 Å². The van der Waals surface area contributed by atoms with Crippen molar-refractivity contribution in [3.05, 3.63) is 35.4 Å². The number of hydrogen-bond acceptors (Lipinski definition) is 3. The topological polar surface area (TPSA) is 44.4 Å². The fraction of sp³-hybridized carbons (Fsp3) is 0.650. The van der Waals surface area contributed by atoms with E-state index in [0.29, 0.717) is 18.4 Å². The Morgan fingerprint density at radius 1 is 1.19 bits per heavy atom. The van der Waals surface area contributed by atoms with Gasteiger partial charge in [0, 0.05) is 32.1 Å². The van der Waals surface area contributed by atoms with Crippen LogP contribution >= 0.6 is 24.8 Å². The number of hydrogen-bond donors (Lipinski definition) is 2. The van der Waals surface area contributed by atoms with Crippen LogP contribution in [0.1, 0.15) is 43.2 Å². The monoisotopic (exact) mass is 401 g/mol. The summed E-state index contributed by atoms with van der Waals surface area (Å²) in [7, 11) is 0. The van der Waals surface area contributed by atoms with Gasteiger partial charge in [0.2, 0.25) is 5.91 Å². The number of carbonyl (C=O) groups excluding carboxylic acids is 1. The molecule has 1 aromatic rings. The van der Waals surface area contributed by atoms with Crippen LogP contribution in [0.3, 0.4) is 0 Å². The van der Waals surface area contributed by atoms with Crippen molar-refractivity contribution in [3.63, 3.8) is 0 Å². The molecule has 2 aliphatic heterocycles. The summed E-state index contributed by atoms with van der Waals surface area (Å²) in [6.07, 6.45) is 5.09. The van der Waals surface area contributed by atoms with Crippen molar-refractivity contribution in [1.29, 1.82) is 0 Å². The molecule has 148 valence electrons. The number of benzene rings is 1. The van der Waals surface area contributed by atoms with E-state index in [1.54, 1.807) is 0 Å². The summed E-state index contributed by atoms with van der Waals surface area (Å²) >= 11 is 0. The van der Waals surface area contributed by atoms with E-state index < -0.39 is 0 Å². The van der Waals surface area contributed by atoms with Gasteiger partial charge in [-0.15, -0.1) is 24.8 Å². The largest absolute Gasteiger partial charge is 0.353 e. The standard InChI is InChI=1S/C20H31N3O.2ClH/c1-16-4-2-3-5-18(16)15-23-12-9-19(10-13-23)22-20(24)7-6-17-8-11-21-14-17;;/h2-5,17,19,21H,6-15H2,1H3,(H,22,24);2*1H. The van der Waals surface area contributed by atoms with Gasteiger partial charge in [-0.2, -0.15) is 0 Å². The Hall–Kier alpha value is -0.810. The number of nitrogens with one attached hydrogen (secondary N) is 2.